The second-order valence-corrected chi connectivity index (χ2v) is 13.7. The predicted octanol–water partition coefficient (Wildman–Crippen LogP) is 5.05. The summed E-state index contributed by atoms with van der Waals surface area (Å²) in [6.45, 7) is 2.67. The molecule has 9 N–H and O–H groups in total. The fourth-order valence-corrected chi connectivity index (χ4v) is 6.67. The zero-order valence-corrected chi connectivity index (χ0v) is 32.6. The Bertz CT molecular complexity index is 1890. The molecule has 0 spiro atoms. The molecule has 4 aromatic rings. The van der Waals surface area contributed by atoms with Crippen molar-refractivity contribution in [3.63, 3.8) is 0 Å². The summed E-state index contributed by atoms with van der Waals surface area (Å²) in [5.74, 6) is -1.50. The van der Waals surface area contributed by atoms with Crippen LogP contribution in [0.15, 0.2) is 72.8 Å². The molecular weight excluding hydrogens is 795 g/mol. The summed E-state index contributed by atoms with van der Waals surface area (Å²) in [5.41, 5.74) is 8.32. The monoisotopic (exact) mass is 842 g/mol. The van der Waals surface area contributed by atoms with Gasteiger partial charge in [-0.15, -0.1) is 24.8 Å². The van der Waals surface area contributed by atoms with Crippen LogP contribution in [-0.4, -0.2) is 76.9 Å². The highest BCUT2D eigenvalue weighted by Gasteiger charge is 2.27. The molecule has 6 rings (SSSR count). The second kappa shape index (κ2) is 22.0. The number of hydrogen-bond donors (Lipinski definition) is 8. The summed E-state index contributed by atoms with van der Waals surface area (Å²) in [6, 6.07) is 14.4. The number of phenolic OH excluding ortho intramolecular Hbond substituents is 2. The normalized spacial score (nSPS) is 17.5. The van der Waals surface area contributed by atoms with Gasteiger partial charge in [0.25, 0.3) is 0 Å². The number of rotatable bonds is 13. The van der Waals surface area contributed by atoms with Crippen molar-refractivity contribution < 1.29 is 52.3 Å². The SMILES string of the molecule is CC(=O)NC(Cc1cc(F)cc(F)c1)C(O)CN[C@H]1CCOc2ccc(O)cc21.Cl.Cl.NC(Cc1cc(F)cc(F)c1)C(O)CN[C@H]1CCOc2ccc(O)cc21. The largest absolute Gasteiger partial charge is 0.508 e. The summed E-state index contributed by atoms with van der Waals surface area (Å²) in [7, 11) is 0. The van der Waals surface area contributed by atoms with Gasteiger partial charge in [0.05, 0.1) is 31.5 Å². The first-order valence-electron chi connectivity index (χ1n) is 17.9. The summed E-state index contributed by atoms with van der Waals surface area (Å²) >= 11 is 0. The van der Waals surface area contributed by atoms with Gasteiger partial charge in [-0.25, -0.2) is 17.6 Å². The third kappa shape index (κ3) is 13.9. The Hall–Kier alpha value is -4.35. The summed E-state index contributed by atoms with van der Waals surface area (Å²) in [4.78, 5) is 11.6. The van der Waals surface area contributed by atoms with Crippen molar-refractivity contribution in [3.8, 4) is 23.0 Å². The number of benzene rings is 4. The van der Waals surface area contributed by atoms with Crippen LogP contribution in [0.4, 0.5) is 17.6 Å². The van der Waals surface area contributed by atoms with Gasteiger partial charge in [-0.2, -0.15) is 0 Å². The molecule has 312 valence electrons. The highest BCUT2D eigenvalue weighted by molar-refractivity contribution is 5.85. The minimum Gasteiger partial charge on any atom is -0.508 e. The molecule has 6 atom stereocenters. The number of nitrogens with one attached hydrogen (secondary N) is 3. The standard InChI is InChI=1S/C21H24F2N2O4.C19H22F2N2O3.2ClH/c1-12(26)25-19(8-13-6-14(22)9-15(23)7-13)20(28)11-24-18-4-5-29-21-3-2-16(27)10-17(18)21;20-12-5-11(6-13(21)8-12)7-16(22)18(25)10-23-17-3-4-26-19-2-1-14(24)9-15(17)19;;/h2-3,6-7,9-10,18-20,24,27-28H,4-5,8,11H2,1H3,(H,25,26);1-2,5-6,8-9,16-18,23-25H,3-4,7,10,22H2;2*1H/t18-,19?,20?;16?,17-,18?;;/m00../s1. The molecule has 0 aromatic heterocycles. The number of fused-ring (bicyclic) bond motifs is 2. The minimum atomic E-state index is -1.01. The number of nitrogens with two attached hydrogens (primary N) is 1. The van der Waals surface area contributed by atoms with Gasteiger partial charge in [0.1, 0.15) is 46.3 Å². The third-order valence-electron chi connectivity index (χ3n) is 9.33. The lowest BCUT2D eigenvalue weighted by molar-refractivity contribution is -0.120. The van der Waals surface area contributed by atoms with E-state index in [9.17, 15) is 42.8 Å². The third-order valence-corrected chi connectivity index (χ3v) is 9.33. The van der Waals surface area contributed by atoms with Gasteiger partial charge < -0.3 is 51.6 Å². The summed E-state index contributed by atoms with van der Waals surface area (Å²) in [5, 5.41) is 49.4. The van der Waals surface area contributed by atoms with Crippen LogP contribution < -0.4 is 31.2 Å². The van der Waals surface area contributed by atoms with E-state index < -0.39 is 47.6 Å². The maximum Gasteiger partial charge on any atom is 0.217 e. The Kier molecular flexibility index (Phi) is 18.1. The average Bonchev–Trinajstić information content (AvgIpc) is 3.11. The van der Waals surface area contributed by atoms with Crippen LogP contribution in [0.5, 0.6) is 23.0 Å². The molecule has 4 aromatic carbocycles. The van der Waals surface area contributed by atoms with Crippen LogP contribution in [0.3, 0.4) is 0 Å². The first-order valence-corrected chi connectivity index (χ1v) is 17.9. The van der Waals surface area contributed by atoms with Crippen molar-refractivity contribution in [1.82, 2.24) is 16.0 Å². The number of carbonyl (C=O) groups is 1. The number of aliphatic hydroxyl groups is 2. The molecule has 1 amide bonds. The van der Waals surface area contributed by atoms with Gasteiger partial charge in [-0.05, 0) is 84.6 Å². The molecule has 0 aliphatic carbocycles. The van der Waals surface area contributed by atoms with Crippen molar-refractivity contribution in [1.29, 1.82) is 0 Å². The van der Waals surface area contributed by atoms with Crippen LogP contribution in [0, 0.1) is 23.3 Å². The maximum absolute atomic E-state index is 13.5. The van der Waals surface area contributed by atoms with Gasteiger partial charge in [-0.1, -0.05) is 0 Å². The first kappa shape index (κ1) is 47.0. The van der Waals surface area contributed by atoms with E-state index >= 15 is 0 Å². The van der Waals surface area contributed by atoms with Crippen LogP contribution in [0.1, 0.15) is 54.1 Å². The van der Waals surface area contributed by atoms with Gasteiger partial charge in [-0.3, -0.25) is 4.79 Å². The number of amides is 1. The van der Waals surface area contributed by atoms with Crippen molar-refractivity contribution in [2.45, 2.75) is 69.0 Å². The molecule has 0 saturated carbocycles. The Balaban J connectivity index is 0.000000297. The van der Waals surface area contributed by atoms with Gasteiger partial charge in [0.15, 0.2) is 0 Å². The molecular formula is C40H48Cl2F4N4O7. The van der Waals surface area contributed by atoms with Crippen LogP contribution in [0.25, 0.3) is 0 Å². The molecule has 0 bridgehead atoms. The molecule has 2 aliphatic heterocycles. The Morgan fingerprint density at radius 1 is 0.702 bits per heavy atom. The summed E-state index contributed by atoms with van der Waals surface area (Å²) in [6.07, 6.45) is -0.347. The van der Waals surface area contributed by atoms with Crippen LogP contribution in [0.2, 0.25) is 0 Å². The molecule has 11 nitrogen and oxygen atoms in total. The number of hydrogen-bond acceptors (Lipinski definition) is 10. The maximum atomic E-state index is 13.5. The zero-order valence-electron chi connectivity index (χ0n) is 31.0. The highest BCUT2D eigenvalue weighted by Crippen LogP contribution is 2.35. The van der Waals surface area contributed by atoms with Crippen LogP contribution in [-0.2, 0) is 17.6 Å². The molecule has 0 saturated heterocycles. The Morgan fingerprint density at radius 2 is 1.12 bits per heavy atom. The van der Waals surface area contributed by atoms with Crippen LogP contribution >= 0.6 is 24.8 Å². The van der Waals surface area contributed by atoms with E-state index in [0.29, 0.717) is 48.7 Å². The van der Waals surface area contributed by atoms with E-state index in [1.54, 1.807) is 36.4 Å². The number of aliphatic hydroxyl groups excluding tert-OH is 2. The van der Waals surface area contributed by atoms with Crippen molar-refractivity contribution in [2.24, 2.45) is 5.73 Å². The molecule has 17 heteroatoms. The minimum absolute atomic E-state index is 0. The Labute approximate surface area is 340 Å². The van der Waals surface area contributed by atoms with E-state index in [1.165, 1.54) is 31.2 Å². The Morgan fingerprint density at radius 3 is 1.56 bits per heavy atom. The van der Waals surface area contributed by atoms with E-state index in [4.69, 9.17) is 15.2 Å². The summed E-state index contributed by atoms with van der Waals surface area (Å²) < 4.78 is 64.6. The van der Waals surface area contributed by atoms with Gasteiger partial charge in [0.2, 0.25) is 5.91 Å². The lowest BCUT2D eigenvalue weighted by Crippen LogP contribution is -2.48. The van der Waals surface area contributed by atoms with E-state index in [2.05, 4.69) is 16.0 Å². The van der Waals surface area contributed by atoms with E-state index in [-0.39, 0.29) is 80.2 Å². The van der Waals surface area contributed by atoms with E-state index in [0.717, 1.165) is 23.3 Å². The number of phenols is 2. The van der Waals surface area contributed by atoms with Crippen molar-refractivity contribution in [3.05, 3.63) is 118 Å². The molecule has 0 fully saturated rings. The first-order chi connectivity index (χ1) is 26.2. The lowest BCUT2D eigenvalue weighted by atomic mass is 9.98. The predicted molar refractivity (Wildman–Crippen MR) is 210 cm³/mol. The topological polar surface area (TPSA) is 179 Å². The fraction of sp³-hybridized carbons (Fsp3) is 0.375. The van der Waals surface area contributed by atoms with E-state index in [1.807, 2.05) is 0 Å². The number of ether oxygens (including phenoxy) is 2. The highest BCUT2D eigenvalue weighted by atomic mass is 35.5. The molecule has 4 unspecified atom stereocenters. The van der Waals surface area contributed by atoms with Crippen molar-refractivity contribution in [2.75, 3.05) is 26.3 Å². The average molecular weight is 844 g/mol. The molecule has 2 heterocycles. The number of halogens is 6. The van der Waals surface area contributed by atoms with Gasteiger partial charge >= 0.3 is 0 Å². The zero-order chi connectivity index (χ0) is 39.6. The fourth-order valence-electron chi connectivity index (χ4n) is 6.67. The molecule has 0 radical (unpaired) electrons. The van der Waals surface area contributed by atoms with Crippen molar-refractivity contribution >= 4 is 30.7 Å². The lowest BCUT2D eigenvalue weighted by Gasteiger charge is -2.30. The number of aromatic hydroxyl groups is 2. The molecule has 57 heavy (non-hydrogen) atoms. The number of carbonyl (C=O) groups excluding carboxylic acids is 1. The van der Waals surface area contributed by atoms with Gasteiger partial charge in [0, 0.05) is 74.2 Å². The quantitative estimate of drug-likeness (QED) is 0.0851. The smallest absolute Gasteiger partial charge is 0.217 e. The molecule has 2 aliphatic rings. The second-order valence-electron chi connectivity index (χ2n) is 13.7.